The lowest BCUT2D eigenvalue weighted by molar-refractivity contribution is 0.0888. The number of aryl methyl sites for hydroxylation is 1. The lowest BCUT2D eigenvalue weighted by Gasteiger charge is -2.12. The molecule has 130 valence electrons. The fraction of sp³-hybridized carbons (Fsp3) is 0.750. The van der Waals surface area contributed by atoms with Crippen molar-refractivity contribution in [2.24, 2.45) is 10.9 Å². The van der Waals surface area contributed by atoms with Crippen molar-refractivity contribution < 1.29 is 9.47 Å². The number of hydrogen-bond donors (Lipinski definition) is 2. The van der Waals surface area contributed by atoms with Crippen LogP contribution < -0.4 is 10.6 Å². The minimum Gasteiger partial charge on any atom is -0.381 e. The van der Waals surface area contributed by atoms with Crippen molar-refractivity contribution in [2.75, 3.05) is 40.0 Å². The molecule has 0 radical (unpaired) electrons. The Morgan fingerprint density at radius 3 is 3.13 bits per heavy atom. The zero-order valence-corrected chi connectivity index (χ0v) is 15.0. The number of guanidine groups is 1. The highest BCUT2D eigenvalue weighted by Crippen LogP contribution is 2.13. The van der Waals surface area contributed by atoms with Gasteiger partial charge in [0.1, 0.15) is 5.01 Å². The van der Waals surface area contributed by atoms with Crippen LogP contribution in [0.25, 0.3) is 0 Å². The van der Waals surface area contributed by atoms with Crippen LogP contribution in [0, 0.1) is 5.92 Å². The molecule has 0 spiro atoms. The van der Waals surface area contributed by atoms with E-state index in [1.54, 1.807) is 18.4 Å². The number of thiazole rings is 1. The second-order valence-electron chi connectivity index (χ2n) is 5.58. The van der Waals surface area contributed by atoms with E-state index in [2.05, 4.69) is 27.5 Å². The van der Waals surface area contributed by atoms with E-state index in [4.69, 9.17) is 9.47 Å². The Labute approximate surface area is 142 Å². The van der Waals surface area contributed by atoms with Gasteiger partial charge in [-0.15, -0.1) is 11.3 Å². The fourth-order valence-corrected chi connectivity index (χ4v) is 3.12. The third-order valence-electron chi connectivity index (χ3n) is 3.72. The molecule has 1 atom stereocenters. The van der Waals surface area contributed by atoms with E-state index >= 15 is 0 Å². The molecule has 0 saturated carbocycles. The van der Waals surface area contributed by atoms with Crippen LogP contribution in [0.5, 0.6) is 0 Å². The van der Waals surface area contributed by atoms with Gasteiger partial charge in [-0.25, -0.2) is 4.98 Å². The second-order valence-corrected chi connectivity index (χ2v) is 6.78. The fourth-order valence-electron chi connectivity index (χ4n) is 2.32. The van der Waals surface area contributed by atoms with Crippen LogP contribution in [0.15, 0.2) is 11.2 Å². The largest absolute Gasteiger partial charge is 0.381 e. The monoisotopic (exact) mass is 340 g/mol. The molecule has 1 fully saturated rings. The predicted octanol–water partition coefficient (Wildman–Crippen LogP) is 1.81. The zero-order valence-electron chi connectivity index (χ0n) is 14.1. The lowest BCUT2D eigenvalue weighted by atomic mass is 10.1. The highest BCUT2D eigenvalue weighted by molar-refractivity contribution is 7.11. The summed E-state index contributed by atoms with van der Waals surface area (Å²) < 4.78 is 11.0. The molecule has 7 heteroatoms. The predicted molar refractivity (Wildman–Crippen MR) is 94.1 cm³/mol. The Bertz CT molecular complexity index is 472. The van der Waals surface area contributed by atoms with E-state index in [0.717, 1.165) is 63.2 Å². The van der Waals surface area contributed by atoms with Gasteiger partial charge in [0, 0.05) is 43.8 Å². The van der Waals surface area contributed by atoms with Crippen molar-refractivity contribution in [1.82, 2.24) is 15.6 Å². The number of hydrogen-bond acceptors (Lipinski definition) is 5. The van der Waals surface area contributed by atoms with Gasteiger partial charge in [-0.05, 0) is 19.3 Å². The molecular formula is C16H28N4O2S. The minimum absolute atomic E-state index is 0.587. The summed E-state index contributed by atoms with van der Waals surface area (Å²) in [5, 5.41) is 7.68. The Hall–Kier alpha value is -1.18. The van der Waals surface area contributed by atoms with Gasteiger partial charge < -0.3 is 20.1 Å². The number of nitrogens with zero attached hydrogens (tertiary/aromatic N) is 2. The summed E-state index contributed by atoms with van der Waals surface area (Å²) in [5.74, 6) is 1.39. The van der Waals surface area contributed by atoms with Crippen molar-refractivity contribution in [3.8, 4) is 0 Å². The van der Waals surface area contributed by atoms with Crippen LogP contribution in [-0.2, 0) is 22.4 Å². The number of rotatable bonds is 9. The minimum atomic E-state index is 0.587. The molecule has 0 aromatic carbocycles. The summed E-state index contributed by atoms with van der Waals surface area (Å²) in [6, 6.07) is 0. The SMILES string of the molecule is CCc1cnc(CNC(=NC)NCCCOCC2CCOC2)s1. The van der Waals surface area contributed by atoms with Gasteiger partial charge >= 0.3 is 0 Å². The maximum absolute atomic E-state index is 5.69. The first-order valence-corrected chi connectivity index (χ1v) is 9.17. The average molecular weight is 340 g/mol. The number of nitrogens with one attached hydrogen (secondary N) is 2. The third-order valence-corrected chi connectivity index (χ3v) is 4.86. The molecule has 6 nitrogen and oxygen atoms in total. The maximum atomic E-state index is 5.69. The van der Waals surface area contributed by atoms with E-state index in [9.17, 15) is 0 Å². The summed E-state index contributed by atoms with van der Waals surface area (Å²) in [4.78, 5) is 9.93. The van der Waals surface area contributed by atoms with Crippen molar-refractivity contribution in [1.29, 1.82) is 0 Å². The molecule has 2 N–H and O–H groups in total. The Balaban J connectivity index is 1.52. The Kier molecular flexibility index (Phi) is 8.35. The molecule has 0 aliphatic carbocycles. The van der Waals surface area contributed by atoms with Crippen LogP contribution in [0.1, 0.15) is 29.7 Å². The molecule has 2 heterocycles. The summed E-state index contributed by atoms with van der Waals surface area (Å²) in [6.07, 6.45) is 5.08. The summed E-state index contributed by atoms with van der Waals surface area (Å²) >= 11 is 1.75. The molecule has 0 bridgehead atoms. The number of aromatic nitrogens is 1. The van der Waals surface area contributed by atoms with Gasteiger partial charge in [0.25, 0.3) is 0 Å². The standard InChI is InChI=1S/C16H28N4O2S/c1-3-14-9-19-15(23-14)10-20-16(17-2)18-6-4-7-21-11-13-5-8-22-12-13/h9,13H,3-8,10-12H2,1-2H3,(H2,17,18,20). The van der Waals surface area contributed by atoms with Gasteiger partial charge in [-0.2, -0.15) is 0 Å². The van der Waals surface area contributed by atoms with Crippen LogP contribution >= 0.6 is 11.3 Å². The van der Waals surface area contributed by atoms with E-state index in [1.807, 2.05) is 6.20 Å². The quantitative estimate of drug-likeness (QED) is 0.408. The van der Waals surface area contributed by atoms with Gasteiger partial charge in [-0.3, -0.25) is 4.99 Å². The maximum Gasteiger partial charge on any atom is 0.191 e. The average Bonchev–Trinajstić information content (AvgIpc) is 3.25. The third kappa shape index (κ3) is 6.85. The highest BCUT2D eigenvalue weighted by atomic mass is 32.1. The van der Waals surface area contributed by atoms with Crippen LogP contribution in [0.3, 0.4) is 0 Å². The van der Waals surface area contributed by atoms with Crippen LogP contribution in [0.4, 0.5) is 0 Å². The molecule has 1 saturated heterocycles. The van der Waals surface area contributed by atoms with Crippen LogP contribution in [-0.4, -0.2) is 51.0 Å². The topological polar surface area (TPSA) is 67.8 Å². The molecule has 1 aromatic rings. The lowest BCUT2D eigenvalue weighted by Crippen LogP contribution is -2.37. The second kappa shape index (κ2) is 10.6. The summed E-state index contributed by atoms with van der Waals surface area (Å²) in [5.41, 5.74) is 0. The molecule has 2 rings (SSSR count). The summed E-state index contributed by atoms with van der Waals surface area (Å²) in [6.45, 7) is 7.03. The van der Waals surface area contributed by atoms with E-state index in [-0.39, 0.29) is 0 Å². The summed E-state index contributed by atoms with van der Waals surface area (Å²) in [7, 11) is 1.78. The van der Waals surface area contributed by atoms with Gasteiger partial charge in [0.2, 0.25) is 0 Å². The van der Waals surface area contributed by atoms with Gasteiger partial charge in [0.05, 0.1) is 19.8 Å². The molecule has 1 aromatic heterocycles. The van der Waals surface area contributed by atoms with E-state index in [0.29, 0.717) is 12.5 Å². The van der Waals surface area contributed by atoms with Crippen molar-refractivity contribution in [2.45, 2.75) is 32.7 Å². The van der Waals surface area contributed by atoms with Crippen molar-refractivity contribution in [3.05, 3.63) is 16.1 Å². The Morgan fingerprint density at radius 2 is 2.43 bits per heavy atom. The molecule has 1 aliphatic heterocycles. The highest BCUT2D eigenvalue weighted by Gasteiger charge is 2.15. The number of ether oxygens (including phenoxy) is 2. The first-order valence-electron chi connectivity index (χ1n) is 8.35. The molecule has 0 amide bonds. The molecule has 23 heavy (non-hydrogen) atoms. The van der Waals surface area contributed by atoms with Crippen LogP contribution in [0.2, 0.25) is 0 Å². The number of aliphatic imine (C=N–C) groups is 1. The first kappa shape index (κ1) is 18.2. The molecule has 1 unspecified atom stereocenters. The van der Waals surface area contributed by atoms with Crippen molar-refractivity contribution >= 4 is 17.3 Å². The smallest absolute Gasteiger partial charge is 0.191 e. The van der Waals surface area contributed by atoms with E-state index < -0.39 is 0 Å². The van der Waals surface area contributed by atoms with Crippen molar-refractivity contribution in [3.63, 3.8) is 0 Å². The van der Waals surface area contributed by atoms with Gasteiger partial charge in [-0.1, -0.05) is 6.92 Å². The van der Waals surface area contributed by atoms with E-state index in [1.165, 1.54) is 4.88 Å². The molecule has 1 aliphatic rings. The zero-order chi connectivity index (χ0) is 16.3. The Morgan fingerprint density at radius 1 is 1.52 bits per heavy atom. The first-order chi connectivity index (χ1) is 11.3. The normalized spacial score (nSPS) is 18.3. The molecular weight excluding hydrogens is 312 g/mol. The van der Waals surface area contributed by atoms with Gasteiger partial charge in [0.15, 0.2) is 5.96 Å².